The second-order valence-electron chi connectivity index (χ2n) is 8.01. The predicted molar refractivity (Wildman–Crippen MR) is 117 cm³/mol. The highest BCUT2D eigenvalue weighted by atomic mass is 32.2. The Bertz CT molecular complexity index is 1100. The summed E-state index contributed by atoms with van der Waals surface area (Å²) in [6, 6.07) is 14.5. The summed E-state index contributed by atoms with van der Waals surface area (Å²) in [6.07, 6.45) is 1.67. The van der Waals surface area contributed by atoms with Gasteiger partial charge in [-0.3, -0.25) is 9.59 Å². The lowest BCUT2D eigenvalue weighted by atomic mass is 10.0. The second-order valence-corrected chi connectivity index (χ2v) is 9.94. The number of carbonyl (C=O) groups is 2. The maximum atomic E-state index is 13.5. The summed E-state index contributed by atoms with van der Waals surface area (Å²) in [7, 11) is -3.33. The first kappa shape index (κ1) is 20.3. The largest absolute Gasteiger partial charge is 0.312 e. The Labute approximate surface area is 176 Å². The second kappa shape index (κ2) is 7.72. The Kier molecular flexibility index (Phi) is 5.24. The smallest absolute Gasteiger partial charge is 0.233 e. The molecule has 2 heterocycles. The third-order valence-electron chi connectivity index (χ3n) is 5.61. The van der Waals surface area contributed by atoms with Crippen LogP contribution in [0.2, 0.25) is 0 Å². The quantitative estimate of drug-likeness (QED) is 0.756. The summed E-state index contributed by atoms with van der Waals surface area (Å²) < 4.78 is 24.0. The highest BCUT2D eigenvalue weighted by molar-refractivity contribution is 7.94. The summed E-state index contributed by atoms with van der Waals surface area (Å²) >= 11 is 0. The first-order valence-corrected chi connectivity index (χ1v) is 11.6. The standard InChI is InChI=1S/C23H24N2O4S/c1-16-3-7-19(8-4-16)24-14-18(13-22(24)26)23(27)25(20-9-5-17(2)6-10-20)21-11-12-30(28,29)15-21/h3-12,18,21H,13-15H2,1-2H3/t18-,21+/m1/s1. The molecule has 0 unspecified atom stereocenters. The van der Waals surface area contributed by atoms with Crippen molar-refractivity contribution in [3.05, 3.63) is 71.1 Å². The van der Waals surface area contributed by atoms with Gasteiger partial charge < -0.3 is 9.80 Å². The molecular formula is C23H24N2O4S. The molecule has 2 aliphatic rings. The fourth-order valence-corrected chi connectivity index (χ4v) is 5.22. The van der Waals surface area contributed by atoms with Crippen LogP contribution in [0.15, 0.2) is 60.0 Å². The van der Waals surface area contributed by atoms with Crippen molar-refractivity contribution in [2.75, 3.05) is 22.1 Å². The van der Waals surface area contributed by atoms with E-state index in [9.17, 15) is 18.0 Å². The molecule has 1 fully saturated rings. The fourth-order valence-electron chi connectivity index (χ4n) is 3.95. The number of nitrogens with zero attached hydrogens (tertiary/aromatic N) is 2. The van der Waals surface area contributed by atoms with Gasteiger partial charge in [0.15, 0.2) is 9.84 Å². The Morgan fingerprint density at radius 3 is 2.17 bits per heavy atom. The van der Waals surface area contributed by atoms with Crippen molar-refractivity contribution in [1.29, 1.82) is 0 Å². The van der Waals surface area contributed by atoms with Gasteiger partial charge in [-0.05, 0) is 44.2 Å². The van der Waals surface area contributed by atoms with Crippen molar-refractivity contribution >= 4 is 33.0 Å². The molecule has 7 heteroatoms. The molecule has 2 atom stereocenters. The molecule has 2 aromatic carbocycles. The number of rotatable bonds is 4. The van der Waals surface area contributed by atoms with Crippen LogP contribution < -0.4 is 9.80 Å². The van der Waals surface area contributed by atoms with Gasteiger partial charge in [0.2, 0.25) is 11.8 Å². The van der Waals surface area contributed by atoms with E-state index >= 15 is 0 Å². The Morgan fingerprint density at radius 2 is 1.60 bits per heavy atom. The lowest BCUT2D eigenvalue weighted by Gasteiger charge is -2.30. The number of carbonyl (C=O) groups excluding carboxylic acids is 2. The van der Waals surface area contributed by atoms with Crippen LogP contribution in [-0.4, -0.2) is 38.6 Å². The zero-order valence-electron chi connectivity index (χ0n) is 17.0. The Morgan fingerprint density at radius 1 is 1.00 bits per heavy atom. The zero-order chi connectivity index (χ0) is 21.5. The SMILES string of the molecule is Cc1ccc(N2C[C@H](C(=O)N(c3ccc(C)cc3)[C@H]3C=CS(=O)(=O)C3)CC2=O)cc1. The van der Waals surface area contributed by atoms with Crippen LogP contribution in [-0.2, 0) is 19.4 Å². The summed E-state index contributed by atoms with van der Waals surface area (Å²) in [5.74, 6) is -1.00. The van der Waals surface area contributed by atoms with E-state index in [1.165, 1.54) is 10.3 Å². The predicted octanol–water partition coefficient (Wildman–Crippen LogP) is 3.00. The molecule has 0 bridgehead atoms. The van der Waals surface area contributed by atoms with E-state index in [1.54, 1.807) is 11.0 Å². The van der Waals surface area contributed by atoms with E-state index in [4.69, 9.17) is 0 Å². The van der Waals surface area contributed by atoms with E-state index in [1.807, 2.05) is 62.4 Å². The number of aryl methyl sites for hydroxylation is 2. The molecule has 0 saturated carbocycles. The third kappa shape index (κ3) is 4.03. The summed E-state index contributed by atoms with van der Waals surface area (Å²) in [6.45, 7) is 4.21. The van der Waals surface area contributed by atoms with Gasteiger partial charge in [-0.15, -0.1) is 0 Å². The van der Waals surface area contributed by atoms with Gasteiger partial charge in [-0.1, -0.05) is 35.4 Å². The molecule has 2 aliphatic heterocycles. The van der Waals surface area contributed by atoms with Crippen molar-refractivity contribution in [3.63, 3.8) is 0 Å². The molecule has 0 radical (unpaired) electrons. The number of amides is 2. The average molecular weight is 425 g/mol. The molecule has 4 rings (SSSR count). The average Bonchev–Trinajstić information content (AvgIpc) is 3.26. The summed E-state index contributed by atoms with van der Waals surface area (Å²) in [5.41, 5.74) is 3.55. The van der Waals surface area contributed by atoms with Crippen LogP contribution in [0.3, 0.4) is 0 Å². The lowest BCUT2D eigenvalue weighted by Crippen LogP contribution is -2.45. The molecule has 0 aliphatic carbocycles. The summed E-state index contributed by atoms with van der Waals surface area (Å²) in [5, 5.41) is 1.17. The van der Waals surface area contributed by atoms with E-state index in [2.05, 4.69) is 0 Å². The molecule has 2 aromatic rings. The summed E-state index contributed by atoms with van der Waals surface area (Å²) in [4.78, 5) is 29.3. The maximum absolute atomic E-state index is 13.5. The molecule has 1 saturated heterocycles. The van der Waals surface area contributed by atoms with Gasteiger partial charge in [-0.2, -0.15) is 0 Å². The van der Waals surface area contributed by atoms with Crippen LogP contribution in [0.4, 0.5) is 11.4 Å². The number of hydrogen-bond donors (Lipinski definition) is 0. The molecule has 0 N–H and O–H groups in total. The topological polar surface area (TPSA) is 74.8 Å². The number of anilines is 2. The monoisotopic (exact) mass is 424 g/mol. The normalized spacial score (nSPS) is 22.5. The Balaban J connectivity index is 1.62. The van der Waals surface area contributed by atoms with E-state index < -0.39 is 21.8 Å². The van der Waals surface area contributed by atoms with Gasteiger partial charge in [0.05, 0.1) is 17.7 Å². The number of hydrogen-bond acceptors (Lipinski definition) is 4. The van der Waals surface area contributed by atoms with E-state index in [-0.39, 0.29) is 30.5 Å². The Hall–Kier alpha value is -2.93. The number of benzene rings is 2. The van der Waals surface area contributed by atoms with E-state index in [0.717, 1.165) is 16.8 Å². The minimum absolute atomic E-state index is 0.101. The number of sulfone groups is 1. The van der Waals surface area contributed by atoms with Crippen LogP contribution in [0.1, 0.15) is 17.5 Å². The van der Waals surface area contributed by atoms with Crippen LogP contribution in [0, 0.1) is 19.8 Å². The van der Waals surface area contributed by atoms with Gasteiger partial charge in [0.1, 0.15) is 0 Å². The van der Waals surface area contributed by atoms with Crippen LogP contribution in [0.25, 0.3) is 0 Å². The molecular weight excluding hydrogens is 400 g/mol. The van der Waals surface area contributed by atoms with Crippen LogP contribution >= 0.6 is 0 Å². The molecule has 0 spiro atoms. The van der Waals surface area contributed by atoms with Crippen LogP contribution in [0.5, 0.6) is 0 Å². The highest BCUT2D eigenvalue weighted by Gasteiger charge is 2.40. The van der Waals surface area contributed by atoms with Gasteiger partial charge >= 0.3 is 0 Å². The van der Waals surface area contributed by atoms with Crippen molar-refractivity contribution in [1.82, 2.24) is 0 Å². The molecule has 6 nitrogen and oxygen atoms in total. The molecule has 0 aromatic heterocycles. The lowest BCUT2D eigenvalue weighted by molar-refractivity contribution is -0.124. The minimum atomic E-state index is -3.33. The highest BCUT2D eigenvalue weighted by Crippen LogP contribution is 2.31. The first-order valence-electron chi connectivity index (χ1n) is 9.91. The third-order valence-corrected chi connectivity index (χ3v) is 6.99. The van der Waals surface area contributed by atoms with Crippen molar-refractivity contribution < 1.29 is 18.0 Å². The first-order chi connectivity index (χ1) is 14.2. The fraction of sp³-hybridized carbons (Fsp3) is 0.304. The van der Waals surface area contributed by atoms with Gasteiger partial charge in [0, 0.05) is 29.7 Å². The van der Waals surface area contributed by atoms with Gasteiger partial charge in [0.25, 0.3) is 0 Å². The molecule has 30 heavy (non-hydrogen) atoms. The van der Waals surface area contributed by atoms with Crippen molar-refractivity contribution in [2.45, 2.75) is 26.3 Å². The molecule has 2 amide bonds. The van der Waals surface area contributed by atoms with Crippen molar-refractivity contribution in [3.8, 4) is 0 Å². The minimum Gasteiger partial charge on any atom is -0.312 e. The van der Waals surface area contributed by atoms with E-state index in [0.29, 0.717) is 5.69 Å². The zero-order valence-corrected chi connectivity index (χ0v) is 17.8. The van der Waals surface area contributed by atoms with Crippen molar-refractivity contribution in [2.24, 2.45) is 5.92 Å². The van der Waals surface area contributed by atoms with Gasteiger partial charge in [-0.25, -0.2) is 8.42 Å². The maximum Gasteiger partial charge on any atom is 0.233 e. The molecule has 156 valence electrons.